The molecule has 7 nitrogen and oxygen atoms in total. The maximum Gasteiger partial charge on any atom is 0.260 e. The topological polar surface area (TPSA) is 77.7 Å². The Morgan fingerprint density at radius 2 is 1.92 bits per heavy atom. The summed E-state index contributed by atoms with van der Waals surface area (Å²) in [5.41, 5.74) is 0. The highest BCUT2D eigenvalue weighted by molar-refractivity contribution is 5.78. The maximum absolute atomic E-state index is 12.4. The molecule has 0 N–H and O–H groups in total. The summed E-state index contributed by atoms with van der Waals surface area (Å²) in [6.07, 6.45) is 1.64. The van der Waals surface area contributed by atoms with E-state index in [1.54, 1.807) is 19.2 Å². The Kier molecular flexibility index (Phi) is 5.75. The number of carbonyl (C=O) groups is 1. The van der Waals surface area contributed by atoms with E-state index in [0.29, 0.717) is 36.4 Å². The predicted molar refractivity (Wildman–Crippen MR) is 95.4 cm³/mol. The third-order valence-electron chi connectivity index (χ3n) is 4.57. The van der Waals surface area contributed by atoms with Gasteiger partial charge >= 0.3 is 0 Å². The highest BCUT2D eigenvalue weighted by atomic mass is 16.5. The minimum Gasteiger partial charge on any atom is -0.493 e. The lowest BCUT2D eigenvalue weighted by Gasteiger charge is -2.30. The second kappa shape index (κ2) is 8.21. The van der Waals surface area contributed by atoms with Crippen LogP contribution in [0.4, 0.5) is 0 Å². The molecule has 0 radical (unpaired) electrons. The zero-order valence-electron chi connectivity index (χ0n) is 15.5. The van der Waals surface area contributed by atoms with Crippen molar-refractivity contribution in [2.24, 2.45) is 0 Å². The molecule has 1 aliphatic heterocycles. The number of hydrogen-bond acceptors (Lipinski definition) is 6. The molecule has 0 spiro atoms. The smallest absolute Gasteiger partial charge is 0.260 e. The van der Waals surface area contributed by atoms with Crippen LogP contribution in [0.25, 0.3) is 0 Å². The van der Waals surface area contributed by atoms with Crippen molar-refractivity contribution in [2.75, 3.05) is 26.8 Å². The Morgan fingerprint density at radius 3 is 2.54 bits per heavy atom. The van der Waals surface area contributed by atoms with Crippen LogP contribution in [0, 0.1) is 0 Å². The first-order chi connectivity index (χ1) is 12.6. The summed E-state index contributed by atoms with van der Waals surface area (Å²) < 4.78 is 16.6. The largest absolute Gasteiger partial charge is 0.493 e. The second-order valence-electron chi connectivity index (χ2n) is 6.73. The molecule has 7 heteroatoms. The molecule has 1 fully saturated rings. The van der Waals surface area contributed by atoms with Crippen LogP contribution in [0.2, 0.25) is 0 Å². The third-order valence-corrected chi connectivity index (χ3v) is 4.57. The van der Waals surface area contributed by atoms with Crippen molar-refractivity contribution < 1.29 is 18.7 Å². The van der Waals surface area contributed by atoms with Crippen molar-refractivity contribution in [3.63, 3.8) is 0 Å². The van der Waals surface area contributed by atoms with Crippen molar-refractivity contribution in [3.05, 3.63) is 36.0 Å². The number of rotatable bonds is 6. The van der Waals surface area contributed by atoms with Gasteiger partial charge in [0.2, 0.25) is 11.8 Å². The molecule has 2 aromatic rings. The molecule has 2 heterocycles. The lowest BCUT2D eigenvalue weighted by molar-refractivity contribution is -0.134. The van der Waals surface area contributed by atoms with Crippen LogP contribution in [-0.2, 0) is 4.79 Å². The molecule has 0 bridgehead atoms. The average molecular weight is 359 g/mol. The van der Waals surface area contributed by atoms with Gasteiger partial charge in [-0.15, -0.1) is 10.2 Å². The van der Waals surface area contributed by atoms with Crippen LogP contribution in [0.15, 0.2) is 28.7 Å². The number of hydrogen-bond donors (Lipinski definition) is 0. The first-order valence-electron chi connectivity index (χ1n) is 8.95. The minimum absolute atomic E-state index is 0.00307. The summed E-state index contributed by atoms with van der Waals surface area (Å²) in [6, 6.07) is 7.31. The van der Waals surface area contributed by atoms with Crippen LogP contribution in [0.5, 0.6) is 11.5 Å². The summed E-state index contributed by atoms with van der Waals surface area (Å²) in [6.45, 7) is 5.39. The van der Waals surface area contributed by atoms with Gasteiger partial charge in [0.15, 0.2) is 18.1 Å². The SMILES string of the molecule is COc1ccccc1OCC(=O)N1CCC(c2nnc(C(C)C)o2)CC1. The number of para-hydroxylation sites is 2. The Hall–Kier alpha value is -2.57. The van der Waals surface area contributed by atoms with Gasteiger partial charge in [0, 0.05) is 24.9 Å². The quantitative estimate of drug-likeness (QED) is 0.789. The van der Waals surface area contributed by atoms with E-state index in [-0.39, 0.29) is 24.3 Å². The van der Waals surface area contributed by atoms with E-state index in [1.807, 2.05) is 30.9 Å². The normalized spacial score (nSPS) is 15.3. The fourth-order valence-corrected chi connectivity index (χ4v) is 2.99. The Balaban J connectivity index is 1.50. The van der Waals surface area contributed by atoms with E-state index in [9.17, 15) is 4.79 Å². The summed E-state index contributed by atoms with van der Waals surface area (Å²) >= 11 is 0. The van der Waals surface area contributed by atoms with Gasteiger partial charge in [0.05, 0.1) is 7.11 Å². The number of nitrogens with zero attached hydrogens (tertiary/aromatic N) is 3. The molecule has 3 rings (SSSR count). The summed E-state index contributed by atoms with van der Waals surface area (Å²) in [5.74, 6) is 2.97. The minimum atomic E-state index is -0.0252. The molecule has 1 amide bonds. The zero-order chi connectivity index (χ0) is 18.5. The highest BCUT2D eigenvalue weighted by Gasteiger charge is 2.27. The van der Waals surface area contributed by atoms with E-state index in [4.69, 9.17) is 13.9 Å². The predicted octanol–water partition coefficient (Wildman–Crippen LogP) is 2.99. The number of carbonyl (C=O) groups excluding carboxylic acids is 1. The van der Waals surface area contributed by atoms with Gasteiger partial charge in [-0.2, -0.15) is 0 Å². The van der Waals surface area contributed by atoms with Gasteiger partial charge in [-0.25, -0.2) is 0 Å². The van der Waals surface area contributed by atoms with Gasteiger partial charge in [-0.3, -0.25) is 4.79 Å². The number of benzene rings is 1. The van der Waals surface area contributed by atoms with Crippen LogP contribution < -0.4 is 9.47 Å². The van der Waals surface area contributed by atoms with Gasteiger partial charge in [-0.1, -0.05) is 26.0 Å². The van der Waals surface area contributed by atoms with Gasteiger partial charge in [0.1, 0.15) is 0 Å². The van der Waals surface area contributed by atoms with Gasteiger partial charge in [0.25, 0.3) is 5.91 Å². The first kappa shape index (κ1) is 18.2. The molecule has 0 atom stereocenters. The molecule has 1 aromatic carbocycles. The molecular weight excluding hydrogens is 334 g/mol. The molecule has 26 heavy (non-hydrogen) atoms. The summed E-state index contributed by atoms with van der Waals surface area (Å²) in [7, 11) is 1.58. The fourth-order valence-electron chi connectivity index (χ4n) is 2.99. The Morgan fingerprint density at radius 1 is 1.23 bits per heavy atom. The molecule has 0 unspecified atom stereocenters. The van der Waals surface area contributed by atoms with E-state index in [2.05, 4.69) is 10.2 Å². The second-order valence-corrected chi connectivity index (χ2v) is 6.73. The van der Waals surface area contributed by atoms with Crippen LogP contribution >= 0.6 is 0 Å². The number of piperidine rings is 1. The van der Waals surface area contributed by atoms with Gasteiger partial charge < -0.3 is 18.8 Å². The van der Waals surface area contributed by atoms with E-state index >= 15 is 0 Å². The van der Waals surface area contributed by atoms with Crippen molar-refractivity contribution in [3.8, 4) is 11.5 Å². The standard InChI is InChI=1S/C19H25N3O4/c1-13(2)18-20-21-19(26-18)14-8-10-22(11-9-14)17(23)12-25-16-7-5-4-6-15(16)24-3/h4-7,13-14H,8-12H2,1-3H3. The molecule has 1 aliphatic rings. The molecule has 140 valence electrons. The molecule has 0 saturated carbocycles. The average Bonchev–Trinajstić information content (AvgIpc) is 3.17. The maximum atomic E-state index is 12.4. The number of ether oxygens (including phenoxy) is 2. The molecular formula is C19H25N3O4. The zero-order valence-corrected chi connectivity index (χ0v) is 15.5. The van der Waals surface area contributed by atoms with Gasteiger partial charge in [-0.05, 0) is 25.0 Å². The van der Waals surface area contributed by atoms with Crippen molar-refractivity contribution in [1.29, 1.82) is 0 Å². The van der Waals surface area contributed by atoms with Crippen molar-refractivity contribution in [2.45, 2.75) is 38.5 Å². The Bertz CT molecular complexity index is 736. The number of amides is 1. The van der Waals surface area contributed by atoms with E-state index in [0.717, 1.165) is 12.8 Å². The first-order valence-corrected chi connectivity index (χ1v) is 8.95. The summed E-state index contributed by atoms with van der Waals surface area (Å²) in [4.78, 5) is 14.2. The lowest BCUT2D eigenvalue weighted by atomic mass is 9.97. The Labute approximate surface area is 153 Å². The van der Waals surface area contributed by atoms with Crippen molar-refractivity contribution in [1.82, 2.24) is 15.1 Å². The fraction of sp³-hybridized carbons (Fsp3) is 0.526. The monoisotopic (exact) mass is 359 g/mol. The van der Waals surface area contributed by atoms with Crippen LogP contribution in [0.1, 0.15) is 50.3 Å². The van der Waals surface area contributed by atoms with E-state index in [1.165, 1.54) is 0 Å². The molecule has 1 aromatic heterocycles. The molecule has 1 saturated heterocycles. The highest BCUT2D eigenvalue weighted by Crippen LogP contribution is 2.29. The number of aromatic nitrogens is 2. The lowest BCUT2D eigenvalue weighted by Crippen LogP contribution is -2.40. The van der Waals surface area contributed by atoms with Crippen molar-refractivity contribution >= 4 is 5.91 Å². The van der Waals surface area contributed by atoms with Crippen LogP contribution in [-0.4, -0.2) is 47.8 Å². The summed E-state index contributed by atoms with van der Waals surface area (Å²) in [5, 5.41) is 8.26. The third kappa shape index (κ3) is 4.15. The molecule has 0 aliphatic carbocycles. The number of methoxy groups -OCH3 is 1. The van der Waals surface area contributed by atoms with Crippen LogP contribution in [0.3, 0.4) is 0 Å². The van der Waals surface area contributed by atoms with E-state index < -0.39 is 0 Å². The number of likely N-dealkylation sites (tertiary alicyclic amines) is 1.